The second-order valence-electron chi connectivity index (χ2n) is 3.40. The Balaban J connectivity index is 3.12. The van der Waals surface area contributed by atoms with Crippen molar-refractivity contribution in [2.75, 3.05) is 14.2 Å². The number of hydrogen-bond donors (Lipinski definition) is 0. The largest absolute Gasteiger partial charge is 0.497 e. The first-order valence-corrected chi connectivity index (χ1v) is 5.87. The van der Waals surface area contributed by atoms with Gasteiger partial charge >= 0.3 is 11.9 Å². The highest BCUT2D eigenvalue weighted by Gasteiger charge is 2.26. The molecule has 0 saturated heterocycles. The van der Waals surface area contributed by atoms with Gasteiger partial charge in [-0.1, -0.05) is 15.9 Å². The van der Waals surface area contributed by atoms with Crippen molar-refractivity contribution in [2.45, 2.75) is 13.0 Å². The van der Waals surface area contributed by atoms with Crippen LogP contribution in [0.5, 0.6) is 5.75 Å². The van der Waals surface area contributed by atoms with Gasteiger partial charge in [0, 0.05) is 17.0 Å². The molecule has 0 spiro atoms. The summed E-state index contributed by atoms with van der Waals surface area (Å²) < 4.78 is 15.2. The number of ether oxygens (including phenoxy) is 3. The molecule has 1 aromatic rings. The zero-order chi connectivity index (χ0) is 13.7. The number of methoxy groups -OCH3 is 2. The minimum Gasteiger partial charge on any atom is -0.497 e. The van der Waals surface area contributed by atoms with Gasteiger partial charge in [-0.2, -0.15) is 0 Å². The Hall–Kier alpha value is -1.56. The maximum Gasteiger partial charge on any atom is 0.352 e. The van der Waals surface area contributed by atoms with Gasteiger partial charge in [0.05, 0.1) is 14.2 Å². The zero-order valence-corrected chi connectivity index (χ0v) is 11.8. The maximum atomic E-state index is 11.6. The minimum atomic E-state index is -1.09. The van der Waals surface area contributed by atoms with Gasteiger partial charge in [0.1, 0.15) is 5.75 Å². The summed E-state index contributed by atoms with van der Waals surface area (Å²) in [5.74, 6) is -0.582. The van der Waals surface area contributed by atoms with Crippen LogP contribution in [-0.4, -0.2) is 26.2 Å². The quantitative estimate of drug-likeness (QED) is 0.797. The normalized spacial score (nSPS) is 11.6. The van der Waals surface area contributed by atoms with E-state index < -0.39 is 18.0 Å². The number of carbonyl (C=O) groups is 2. The Labute approximate surface area is 113 Å². The van der Waals surface area contributed by atoms with E-state index in [0.717, 1.165) is 0 Å². The Morgan fingerprint density at radius 1 is 1.28 bits per heavy atom. The topological polar surface area (TPSA) is 61.8 Å². The van der Waals surface area contributed by atoms with Crippen molar-refractivity contribution >= 4 is 27.9 Å². The summed E-state index contributed by atoms with van der Waals surface area (Å²) in [7, 11) is 2.77. The molecule has 6 heteroatoms. The lowest BCUT2D eigenvalue weighted by Gasteiger charge is -2.16. The first-order valence-electron chi connectivity index (χ1n) is 5.08. The smallest absolute Gasteiger partial charge is 0.352 e. The molecule has 0 aliphatic carbocycles. The van der Waals surface area contributed by atoms with Crippen LogP contribution in [0.2, 0.25) is 0 Å². The van der Waals surface area contributed by atoms with Crippen LogP contribution in [0.25, 0.3) is 0 Å². The van der Waals surface area contributed by atoms with Crippen LogP contribution in [0.3, 0.4) is 0 Å². The first kappa shape index (κ1) is 14.5. The molecule has 0 aliphatic rings. The second-order valence-corrected chi connectivity index (χ2v) is 4.25. The van der Waals surface area contributed by atoms with Crippen molar-refractivity contribution in [1.29, 1.82) is 0 Å². The van der Waals surface area contributed by atoms with E-state index in [-0.39, 0.29) is 0 Å². The van der Waals surface area contributed by atoms with Gasteiger partial charge in [-0.05, 0) is 18.2 Å². The Morgan fingerprint density at radius 2 is 1.94 bits per heavy atom. The van der Waals surface area contributed by atoms with Crippen LogP contribution < -0.4 is 4.74 Å². The summed E-state index contributed by atoms with van der Waals surface area (Å²) in [6.45, 7) is 1.23. The lowest BCUT2D eigenvalue weighted by Crippen LogP contribution is -2.20. The van der Waals surface area contributed by atoms with E-state index in [1.54, 1.807) is 18.2 Å². The van der Waals surface area contributed by atoms with E-state index >= 15 is 0 Å². The molecule has 1 atom stereocenters. The van der Waals surface area contributed by atoms with Gasteiger partial charge < -0.3 is 14.2 Å². The molecule has 0 heterocycles. The highest BCUT2D eigenvalue weighted by molar-refractivity contribution is 9.10. The number of benzene rings is 1. The molecular formula is C12H13BrO5. The van der Waals surface area contributed by atoms with E-state index in [9.17, 15) is 9.59 Å². The van der Waals surface area contributed by atoms with Gasteiger partial charge in [-0.3, -0.25) is 4.79 Å². The van der Waals surface area contributed by atoms with Gasteiger partial charge in [0.15, 0.2) is 0 Å². The molecule has 0 fully saturated rings. The zero-order valence-electron chi connectivity index (χ0n) is 10.2. The molecule has 1 aromatic carbocycles. The van der Waals surface area contributed by atoms with E-state index in [2.05, 4.69) is 20.7 Å². The highest BCUT2D eigenvalue weighted by atomic mass is 79.9. The Kier molecular flexibility index (Phi) is 5.15. The summed E-state index contributed by atoms with van der Waals surface area (Å²) in [6.07, 6.45) is -1.09. The lowest BCUT2D eigenvalue weighted by atomic mass is 10.1. The highest BCUT2D eigenvalue weighted by Crippen LogP contribution is 2.30. The van der Waals surface area contributed by atoms with Crippen LogP contribution in [0.1, 0.15) is 18.6 Å². The van der Waals surface area contributed by atoms with Crippen LogP contribution in [0.4, 0.5) is 0 Å². The molecule has 1 unspecified atom stereocenters. The first-order chi connectivity index (χ1) is 8.49. The molecule has 0 aromatic heterocycles. The molecular weight excluding hydrogens is 304 g/mol. The van der Waals surface area contributed by atoms with Crippen molar-refractivity contribution in [1.82, 2.24) is 0 Å². The summed E-state index contributed by atoms with van der Waals surface area (Å²) in [5.41, 5.74) is 0.498. The third-order valence-electron chi connectivity index (χ3n) is 2.19. The Bertz CT molecular complexity index is 458. The third-order valence-corrected chi connectivity index (χ3v) is 2.88. The van der Waals surface area contributed by atoms with Gasteiger partial charge in [0.25, 0.3) is 0 Å². The van der Waals surface area contributed by atoms with Crippen molar-refractivity contribution < 1.29 is 23.8 Å². The number of rotatable bonds is 4. The van der Waals surface area contributed by atoms with E-state index in [1.807, 2.05) is 0 Å². The summed E-state index contributed by atoms with van der Waals surface area (Å²) in [6, 6.07) is 4.97. The fourth-order valence-electron chi connectivity index (χ4n) is 1.36. The summed E-state index contributed by atoms with van der Waals surface area (Å²) >= 11 is 3.30. The van der Waals surface area contributed by atoms with Crippen LogP contribution in [0, 0.1) is 0 Å². The van der Waals surface area contributed by atoms with Gasteiger partial charge in [-0.25, -0.2) is 4.79 Å². The molecule has 1 rings (SSSR count). The number of halogens is 1. The number of esters is 2. The Morgan fingerprint density at radius 3 is 2.39 bits per heavy atom. The molecule has 0 amide bonds. The monoisotopic (exact) mass is 316 g/mol. The lowest BCUT2D eigenvalue weighted by molar-refractivity contribution is -0.165. The van der Waals surface area contributed by atoms with Crippen LogP contribution >= 0.6 is 15.9 Å². The molecule has 18 heavy (non-hydrogen) atoms. The molecule has 0 saturated carbocycles. The molecule has 0 aliphatic heterocycles. The maximum absolute atomic E-state index is 11.6. The molecule has 0 N–H and O–H groups in total. The number of carbonyl (C=O) groups excluding carboxylic acids is 2. The standard InChI is InChI=1S/C12H13BrO5/c1-7(14)18-11(12(15)17-3)9-5-4-8(16-2)6-10(9)13/h4-6,11H,1-3H3. The van der Waals surface area contributed by atoms with Crippen molar-refractivity contribution in [3.05, 3.63) is 28.2 Å². The van der Waals surface area contributed by atoms with Crippen LogP contribution in [-0.2, 0) is 19.1 Å². The fraction of sp³-hybridized carbons (Fsp3) is 0.333. The minimum absolute atomic E-state index is 0.498. The average molecular weight is 317 g/mol. The van der Waals surface area contributed by atoms with Crippen molar-refractivity contribution in [3.63, 3.8) is 0 Å². The predicted octanol–water partition coefficient (Wildman–Crippen LogP) is 2.23. The predicted molar refractivity (Wildman–Crippen MR) is 67.2 cm³/mol. The van der Waals surface area contributed by atoms with Gasteiger partial charge in [-0.15, -0.1) is 0 Å². The summed E-state index contributed by atoms with van der Waals surface area (Å²) in [4.78, 5) is 22.6. The molecule has 5 nitrogen and oxygen atoms in total. The number of hydrogen-bond acceptors (Lipinski definition) is 5. The molecule has 98 valence electrons. The third kappa shape index (κ3) is 3.46. The van der Waals surface area contributed by atoms with E-state index in [1.165, 1.54) is 21.1 Å². The van der Waals surface area contributed by atoms with E-state index in [0.29, 0.717) is 15.8 Å². The fourth-order valence-corrected chi connectivity index (χ4v) is 1.92. The molecule has 0 radical (unpaired) electrons. The van der Waals surface area contributed by atoms with Crippen LogP contribution in [0.15, 0.2) is 22.7 Å². The average Bonchev–Trinajstić information content (AvgIpc) is 2.35. The van der Waals surface area contributed by atoms with Gasteiger partial charge in [0.2, 0.25) is 6.10 Å². The van der Waals surface area contributed by atoms with Crippen molar-refractivity contribution in [2.24, 2.45) is 0 Å². The van der Waals surface area contributed by atoms with E-state index in [4.69, 9.17) is 9.47 Å². The second kappa shape index (κ2) is 6.39. The SMILES string of the molecule is COC(=O)C(OC(C)=O)c1ccc(OC)cc1Br. The summed E-state index contributed by atoms with van der Waals surface area (Å²) in [5, 5.41) is 0. The van der Waals surface area contributed by atoms with Crippen molar-refractivity contribution in [3.8, 4) is 5.75 Å². The molecule has 0 bridgehead atoms.